The second-order valence-corrected chi connectivity index (χ2v) is 15.6. The van der Waals surface area contributed by atoms with Gasteiger partial charge in [0.2, 0.25) is 0 Å². The van der Waals surface area contributed by atoms with Crippen LogP contribution < -0.4 is 0 Å². The molecule has 0 aliphatic carbocycles. The summed E-state index contributed by atoms with van der Waals surface area (Å²) in [5, 5.41) is 9.08. The van der Waals surface area contributed by atoms with Gasteiger partial charge in [-0.2, -0.15) is 0 Å². The van der Waals surface area contributed by atoms with E-state index < -0.39 is 41.0 Å². The van der Waals surface area contributed by atoms with Gasteiger partial charge in [0.05, 0.1) is 19.8 Å². The van der Waals surface area contributed by atoms with Crippen LogP contribution >= 0.6 is 0 Å². The second-order valence-electron chi connectivity index (χ2n) is 15.6. The van der Waals surface area contributed by atoms with Gasteiger partial charge in [0.15, 0.2) is 0 Å². The molecule has 59 heavy (non-hydrogen) atoms. The van der Waals surface area contributed by atoms with Crippen LogP contribution in [0.4, 0.5) is 9.59 Å². The van der Waals surface area contributed by atoms with Crippen molar-refractivity contribution in [3.8, 4) is 0 Å². The van der Waals surface area contributed by atoms with Gasteiger partial charge in [-0.15, -0.1) is 0 Å². The summed E-state index contributed by atoms with van der Waals surface area (Å²) in [4.78, 5) is 57.3. The van der Waals surface area contributed by atoms with E-state index in [-0.39, 0.29) is 52.2 Å². The molecule has 3 rings (SSSR count). The van der Waals surface area contributed by atoms with E-state index in [0.29, 0.717) is 24.9 Å². The van der Waals surface area contributed by atoms with Crippen molar-refractivity contribution in [2.24, 2.45) is 22.7 Å². The number of cyclic esters (lactones) is 2. The SMILES string of the molecule is CCC(C)CC(CCO)c1ccccc1.CCOC(=O)C(C)(COC(C)=O)COC(=O)OCCC(CC(C)CC)c1ccccc1.CCOC(=O)C1(C)COC(=O)OC1. The fraction of sp³-hybridized carbons (Fsp3) is 0.630. The highest BCUT2D eigenvalue weighted by molar-refractivity contribution is 5.78. The summed E-state index contributed by atoms with van der Waals surface area (Å²) in [6, 6.07) is 20.7. The van der Waals surface area contributed by atoms with E-state index in [1.807, 2.05) is 24.3 Å². The summed E-state index contributed by atoms with van der Waals surface area (Å²) in [6.45, 7) is 17.1. The van der Waals surface area contributed by atoms with Crippen molar-refractivity contribution < 1.29 is 62.2 Å². The van der Waals surface area contributed by atoms with Gasteiger partial charge in [-0.05, 0) is 88.2 Å². The summed E-state index contributed by atoms with van der Waals surface area (Å²) in [5.41, 5.74) is 0.427. The van der Waals surface area contributed by atoms with E-state index in [1.54, 1.807) is 20.8 Å². The molecule has 1 saturated heterocycles. The minimum Gasteiger partial charge on any atom is -0.465 e. The molecule has 0 aromatic heterocycles. The lowest BCUT2D eigenvalue weighted by Crippen LogP contribution is -2.44. The average Bonchev–Trinajstić information content (AvgIpc) is 3.23. The number of aliphatic hydroxyl groups is 1. The number of benzene rings is 2. The van der Waals surface area contributed by atoms with Crippen LogP contribution in [0.25, 0.3) is 0 Å². The minimum atomic E-state index is -1.30. The van der Waals surface area contributed by atoms with Crippen molar-refractivity contribution in [3.05, 3.63) is 71.8 Å². The van der Waals surface area contributed by atoms with Crippen molar-refractivity contribution in [1.82, 2.24) is 0 Å². The molecule has 1 aliphatic rings. The number of hydrogen-bond donors (Lipinski definition) is 1. The fourth-order valence-electron chi connectivity index (χ4n) is 5.97. The van der Waals surface area contributed by atoms with E-state index in [1.165, 1.54) is 37.8 Å². The van der Waals surface area contributed by atoms with Crippen molar-refractivity contribution in [1.29, 1.82) is 0 Å². The van der Waals surface area contributed by atoms with Gasteiger partial charge in [-0.3, -0.25) is 14.4 Å². The summed E-state index contributed by atoms with van der Waals surface area (Å²) >= 11 is 0. The maximum atomic E-state index is 12.2. The Labute approximate surface area is 351 Å². The normalized spacial score (nSPS) is 15.9. The molecule has 1 heterocycles. The average molecular weight is 831 g/mol. The lowest BCUT2D eigenvalue weighted by atomic mass is 9.86. The van der Waals surface area contributed by atoms with Crippen LogP contribution in [0.3, 0.4) is 0 Å². The van der Waals surface area contributed by atoms with Gasteiger partial charge in [0, 0.05) is 13.5 Å². The van der Waals surface area contributed by atoms with E-state index in [2.05, 4.69) is 73.6 Å². The number of aliphatic hydroxyl groups excluding tert-OH is 1. The standard InChI is InChI=1S/C24H36O7.C14H22O.C8H12O5/c1-6-18(3)15-21(20-11-9-8-10-12-20)13-14-29-23(27)31-17-24(5,16-30-19(4)25)22(26)28-7-2;1-3-12(2)11-14(9-10-15)13-7-5-4-6-8-13;1-3-11-6(9)8(2)4-12-7(10)13-5-8/h8-12,18,21H,6-7,13-17H2,1-5H3;4-8,12,14-15H,3,9-11H2,1-2H3;3-5H2,1-2H3. The molecule has 5 unspecified atom stereocenters. The fourth-order valence-corrected chi connectivity index (χ4v) is 5.97. The number of ether oxygens (including phenoxy) is 7. The Bertz CT molecular complexity index is 1490. The molecule has 13 heteroatoms. The first-order valence-electron chi connectivity index (χ1n) is 20.8. The Kier molecular flexibility index (Phi) is 25.5. The first-order chi connectivity index (χ1) is 28.1. The Balaban J connectivity index is 0.000000511. The smallest absolute Gasteiger partial charge is 0.465 e. The predicted octanol–water partition coefficient (Wildman–Crippen LogP) is 9.19. The Morgan fingerprint density at radius 2 is 1.20 bits per heavy atom. The van der Waals surface area contributed by atoms with E-state index in [4.69, 9.17) is 28.8 Å². The largest absolute Gasteiger partial charge is 0.508 e. The highest BCUT2D eigenvalue weighted by Gasteiger charge is 2.42. The van der Waals surface area contributed by atoms with Gasteiger partial charge in [0.25, 0.3) is 0 Å². The lowest BCUT2D eigenvalue weighted by Gasteiger charge is -2.29. The molecule has 332 valence electrons. The van der Waals surface area contributed by atoms with Crippen LogP contribution in [0, 0.1) is 22.7 Å². The molecule has 0 bridgehead atoms. The van der Waals surface area contributed by atoms with Crippen molar-refractivity contribution >= 4 is 30.2 Å². The number of carbonyl (C=O) groups excluding carboxylic acids is 5. The Morgan fingerprint density at radius 1 is 0.729 bits per heavy atom. The van der Waals surface area contributed by atoms with E-state index in [0.717, 1.165) is 25.2 Å². The van der Waals surface area contributed by atoms with Crippen LogP contribution in [0.15, 0.2) is 60.7 Å². The third-order valence-electron chi connectivity index (χ3n) is 10.1. The second kappa shape index (κ2) is 28.7. The molecular formula is C46H70O13. The maximum Gasteiger partial charge on any atom is 0.508 e. The summed E-state index contributed by atoms with van der Waals surface area (Å²) in [5.74, 6) is 0.546. The third kappa shape index (κ3) is 20.7. The molecule has 13 nitrogen and oxygen atoms in total. The molecule has 1 aliphatic heterocycles. The monoisotopic (exact) mass is 830 g/mol. The topological polar surface area (TPSA) is 170 Å². The van der Waals surface area contributed by atoms with Gasteiger partial charge >= 0.3 is 30.2 Å². The van der Waals surface area contributed by atoms with Crippen LogP contribution in [-0.4, -0.2) is 88.2 Å². The van der Waals surface area contributed by atoms with E-state index in [9.17, 15) is 24.0 Å². The van der Waals surface area contributed by atoms with Crippen molar-refractivity contribution in [2.75, 3.05) is 52.9 Å². The molecule has 0 radical (unpaired) electrons. The van der Waals surface area contributed by atoms with Crippen LogP contribution in [0.1, 0.15) is 124 Å². The highest BCUT2D eigenvalue weighted by atomic mass is 16.7. The van der Waals surface area contributed by atoms with Crippen LogP contribution in [0.2, 0.25) is 0 Å². The predicted molar refractivity (Wildman–Crippen MR) is 224 cm³/mol. The number of rotatable bonds is 21. The number of esters is 3. The lowest BCUT2D eigenvalue weighted by molar-refractivity contribution is -0.166. The van der Waals surface area contributed by atoms with E-state index >= 15 is 0 Å². The Hall–Kier alpha value is -4.65. The summed E-state index contributed by atoms with van der Waals surface area (Å²) in [6.07, 6.45) is 4.44. The first-order valence-corrected chi connectivity index (χ1v) is 20.8. The molecule has 0 spiro atoms. The van der Waals surface area contributed by atoms with Crippen molar-refractivity contribution in [2.45, 2.75) is 113 Å². The molecule has 2 aromatic carbocycles. The molecule has 2 aromatic rings. The molecule has 0 saturated carbocycles. The molecular weight excluding hydrogens is 760 g/mol. The van der Waals surface area contributed by atoms with Crippen molar-refractivity contribution in [3.63, 3.8) is 0 Å². The van der Waals surface area contributed by atoms with Gasteiger partial charge in [-0.25, -0.2) is 9.59 Å². The summed E-state index contributed by atoms with van der Waals surface area (Å²) in [7, 11) is 0. The molecule has 0 amide bonds. The minimum absolute atomic E-state index is 0.0185. The number of carbonyl (C=O) groups is 5. The third-order valence-corrected chi connectivity index (χ3v) is 10.1. The van der Waals surface area contributed by atoms with Gasteiger partial charge in [-0.1, -0.05) is 101 Å². The number of hydrogen-bond acceptors (Lipinski definition) is 13. The maximum absolute atomic E-state index is 12.2. The van der Waals surface area contributed by atoms with Gasteiger partial charge in [0.1, 0.15) is 37.3 Å². The summed E-state index contributed by atoms with van der Waals surface area (Å²) < 4.78 is 34.4. The Morgan fingerprint density at radius 3 is 1.64 bits per heavy atom. The quantitative estimate of drug-likeness (QED) is 0.0934. The molecule has 5 atom stereocenters. The first kappa shape index (κ1) is 52.4. The molecule has 1 N–H and O–H groups in total. The van der Waals surface area contributed by atoms with Gasteiger partial charge < -0.3 is 38.3 Å². The van der Waals surface area contributed by atoms with Crippen LogP contribution in [-0.2, 0) is 47.5 Å². The zero-order valence-corrected chi connectivity index (χ0v) is 36.8. The highest BCUT2D eigenvalue weighted by Crippen LogP contribution is 2.30. The van der Waals surface area contributed by atoms with Crippen LogP contribution in [0.5, 0.6) is 0 Å². The zero-order chi connectivity index (χ0) is 44.3. The molecule has 1 fully saturated rings. The zero-order valence-electron chi connectivity index (χ0n) is 36.8.